The summed E-state index contributed by atoms with van der Waals surface area (Å²) in [6.07, 6.45) is 5.38. The summed E-state index contributed by atoms with van der Waals surface area (Å²) in [7, 11) is 0. The first-order valence-electron chi connectivity index (χ1n) is 7.84. The molecule has 122 valence electrons. The lowest BCUT2D eigenvalue weighted by Gasteiger charge is -2.11. The van der Waals surface area contributed by atoms with Gasteiger partial charge in [-0.1, -0.05) is 24.4 Å². The van der Waals surface area contributed by atoms with Crippen LogP contribution in [0.25, 0.3) is 0 Å². The van der Waals surface area contributed by atoms with Crippen LogP contribution in [0.4, 0.5) is 0 Å². The van der Waals surface area contributed by atoms with Crippen molar-refractivity contribution in [2.75, 3.05) is 18.9 Å². The number of amides is 1. The van der Waals surface area contributed by atoms with Crippen LogP contribution in [0.1, 0.15) is 36.8 Å². The Bertz CT molecular complexity index is 492. The molecule has 5 heteroatoms. The third-order valence-electron chi connectivity index (χ3n) is 3.86. The molecular weight excluding hydrogens is 318 g/mol. The summed E-state index contributed by atoms with van der Waals surface area (Å²) < 4.78 is 5.54. The number of ether oxygens (including phenoxy) is 1. The number of thioether (sulfide) groups is 1. The lowest BCUT2D eigenvalue weighted by molar-refractivity contribution is -0.122. The van der Waals surface area contributed by atoms with Gasteiger partial charge in [-0.3, -0.25) is 4.79 Å². The minimum atomic E-state index is -0.0720. The molecule has 0 aliphatic heterocycles. The van der Waals surface area contributed by atoms with Crippen molar-refractivity contribution in [1.82, 2.24) is 5.32 Å². The largest absolute Gasteiger partial charge is 0.484 e. The molecule has 0 radical (unpaired) electrons. The fourth-order valence-corrected chi connectivity index (χ4v) is 3.99. The molecule has 3 nitrogen and oxygen atoms in total. The lowest BCUT2D eigenvalue weighted by Crippen LogP contribution is -2.30. The van der Waals surface area contributed by atoms with Crippen LogP contribution in [-0.2, 0) is 4.79 Å². The van der Waals surface area contributed by atoms with Gasteiger partial charge in [0.25, 0.3) is 5.91 Å². The zero-order valence-electron chi connectivity index (χ0n) is 13.3. The van der Waals surface area contributed by atoms with Crippen LogP contribution >= 0.6 is 23.4 Å². The molecule has 1 N–H and O–H groups in total. The molecule has 22 heavy (non-hydrogen) atoms. The number of aryl methyl sites for hydroxylation is 2. The molecule has 1 amide bonds. The van der Waals surface area contributed by atoms with Gasteiger partial charge in [0.2, 0.25) is 0 Å². The van der Waals surface area contributed by atoms with Crippen LogP contribution in [0.2, 0.25) is 5.02 Å². The number of carbonyl (C=O) groups excluding carboxylic acids is 1. The molecular formula is C17H24ClNO2S. The summed E-state index contributed by atoms with van der Waals surface area (Å²) in [5, 5.41) is 4.46. The van der Waals surface area contributed by atoms with Gasteiger partial charge in [-0.15, -0.1) is 0 Å². The molecule has 0 heterocycles. The van der Waals surface area contributed by atoms with Gasteiger partial charge < -0.3 is 10.1 Å². The van der Waals surface area contributed by atoms with Crippen molar-refractivity contribution in [2.24, 2.45) is 0 Å². The van der Waals surface area contributed by atoms with Crippen molar-refractivity contribution in [1.29, 1.82) is 0 Å². The number of halogens is 1. The zero-order chi connectivity index (χ0) is 15.9. The number of carbonyl (C=O) groups is 1. The summed E-state index contributed by atoms with van der Waals surface area (Å²) in [5.41, 5.74) is 1.93. The van der Waals surface area contributed by atoms with Gasteiger partial charge in [0.05, 0.1) is 0 Å². The molecule has 0 bridgehead atoms. The Morgan fingerprint density at radius 1 is 1.32 bits per heavy atom. The Labute approximate surface area is 142 Å². The third kappa shape index (κ3) is 5.40. The summed E-state index contributed by atoms with van der Waals surface area (Å²) in [6, 6.07) is 3.72. The van der Waals surface area contributed by atoms with Crippen LogP contribution < -0.4 is 10.1 Å². The van der Waals surface area contributed by atoms with Gasteiger partial charge in [0.1, 0.15) is 5.75 Å². The normalized spacial score (nSPS) is 15.0. The summed E-state index contributed by atoms with van der Waals surface area (Å²) >= 11 is 8.09. The molecule has 0 aromatic heterocycles. The maximum absolute atomic E-state index is 11.8. The van der Waals surface area contributed by atoms with E-state index in [1.807, 2.05) is 37.7 Å². The van der Waals surface area contributed by atoms with E-state index in [0.29, 0.717) is 12.3 Å². The van der Waals surface area contributed by atoms with E-state index in [1.54, 1.807) is 0 Å². The Hall–Kier alpha value is -0.870. The fraction of sp³-hybridized carbons (Fsp3) is 0.588. The third-order valence-corrected chi connectivity index (χ3v) is 5.84. The van der Waals surface area contributed by atoms with Crippen LogP contribution in [0.15, 0.2) is 12.1 Å². The van der Waals surface area contributed by atoms with Gasteiger partial charge in [0.15, 0.2) is 6.61 Å². The second-order valence-corrected chi connectivity index (χ2v) is 7.57. The van der Waals surface area contributed by atoms with Gasteiger partial charge in [-0.05, 0) is 49.9 Å². The zero-order valence-corrected chi connectivity index (χ0v) is 14.9. The standard InChI is InChI=1S/C17H24ClNO2S/c1-12-9-14(10-13(2)17(12)18)21-11-16(20)19-7-8-22-15-5-3-4-6-15/h9-10,15H,3-8,11H2,1-2H3,(H,19,20). The maximum atomic E-state index is 11.8. The Kier molecular flexibility index (Phi) is 6.90. The second kappa shape index (κ2) is 8.68. The van der Waals surface area contributed by atoms with Gasteiger partial charge >= 0.3 is 0 Å². The number of hydrogen-bond donors (Lipinski definition) is 1. The van der Waals surface area contributed by atoms with Crippen LogP contribution in [0.3, 0.4) is 0 Å². The van der Waals surface area contributed by atoms with Gasteiger partial charge in [0, 0.05) is 22.6 Å². The number of rotatable bonds is 7. The van der Waals surface area contributed by atoms with Crippen molar-refractivity contribution < 1.29 is 9.53 Å². The molecule has 1 aromatic rings. The minimum absolute atomic E-state index is 0.0502. The van der Waals surface area contributed by atoms with Crippen LogP contribution in [0.5, 0.6) is 5.75 Å². The average Bonchev–Trinajstić information content (AvgIpc) is 3.00. The van der Waals surface area contributed by atoms with Crippen molar-refractivity contribution in [2.45, 2.75) is 44.8 Å². The van der Waals surface area contributed by atoms with E-state index in [0.717, 1.165) is 27.2 Å². The summed E-state index contributed by atoms with van der Waals surface area (Å²) in [6.45, 7) is 4.63. The molecule has 1 aliphatic carbocycles. The summed E-state index contributed by atoms with van der Waals surface area (Å²) in [4.78, 5) is 11.8. The number of nitrogens with one attached hydrogen (secondary N) is 1. The number of hydrogen-bond acceptors (Lipinski definition) is 3. The Morgan fingerprint density at radius 2 is 1.95 bits per heavy atom. The van der Waals surface area contributed by atoms with E-state index < -0.39 is 0 Å². The highest BCUT2D eigenvalue weighted by Crippen LogP contribution is 2.29. The average molecular weight is 342 g/mol. The minimum Gasteiger partial charge on any atom is -0.484 e. The van der Waals surface area contributed by atoms with Gasteiger partial charge in [-0.25, -0.2) is 0 Å². The first-order chi connectivity index (χ1) is 10.6. The lowest BCUT2D eigenvalue weighted by atomic mass is 10.1. The SMILES string of the molecule is Cc1cc(OCC(=O)NCCSC2CCCC2)cc(C)c1Cl. The fourth-order valence-electron chi connectivity index (χ4n) is 2.66. The molecule has 1 fully saturated rings. The highest BCUT2D eigenvalue weighted by Gasteiger charge is 2.14. The van der Waals surface area contributed by atoms with Crippen molar-refractivity contribution >= 4 is 29.3 Å². The smallest absolute Gasteiger partial charge is 0.257 e. The highest BCUT2D eigenvalue weighted by atomic mass is 35.5. The maximum Gasteiger partial charge on any atom is 0.257 e. The first-order valence-corrected chi connectivity index (χ1v) is 9.27. The van der Waals surface area contributed by atoms with Crippen molar-refractivity contribution in [3.05, 3.63) is 28.3 Å². The molecule has 2 rings (SSSR count). The van der Waals surface area contributed by atoms with E-state index in [1.165, 1.54) is 25.7 Å². The van der Waals surface area contributed by atoms with E-state index in [9.17, 15) is 4.79 Å². The molecule has 0 spiro atoms. The number of benzene rings is 1. The van der Waals surface area contributed by atoms with E-state index in [-0.39, 0.29) is 12.5 Å². The van der Waals surface area contributed by atoms with E-state index >= 15 is 0 Å². The van der Waals surface area contributed by atoms with E-state index in [4.69, 9.17) is 16.3 Å². The molecule has 1 aliphatic rings. The van der Waals surface area contributed by atoms with Gasteiger partial charge in [-0.2, -0.15) is 11.8 Å². The molecule has 0 atom stereocenters. The summed E-state index contributed by atoms with van der Waals surface area (Å²) in [5.74, 6) is 1.60. The van der Waals surface area contributed by atoms with E-state index in [2.05, 4.69) is 5.32 Å². The highest BCUT2D eigenvalue weighted by molar-refractivity contribution is 7.99. The Morgan fingerprint density at radius 3 is 2.59 bits per heavy atom. The topological polar surface area (TPSA) is 38.3 Å². The predicted molar refractivity (Wildman–Crippen MR) is 94.1 cm³/mol. The first kappa shape index (κ1) is 17.5. The quantitative estimate of drug-likeness (QED) is 0.758. The monoisotopic (exact) mass is 341 g/mol. The second-order valence-electron chi connectivity index (χ2n) is 5.79. The molecule has 1 aromatic carbocycles. The molecule has 0 unspecified atom stereocenters. The van der Waals surface area contributed by atoms with Crippen molar-refractivity contribution in [3.8, 4) is 5.75 Å². The predicted octanol–water partition coefficient (Wildman–Crippen LogP) is 4.13. The van der Waals surface area contributed by atoms with Crippen LogP contribution in [0, 0.1) is 13.8 Å². The Balaban J connectivity index is 1.64. The molecule has 1 saturated carbocycles. The molecule has 0 saturated heterocycles. The van der Waals surface area contributed by atoms with Crippen LogP contribution in [-0.4, -0.2) is 30.1 Å². The van der Waals surface area contributed by atoms with Crippen molar-refractivity contribution in [3.63, 3.8) is 0 Å².